The quantitative estimate of drug-likeness (QED) is 0.757. The van der Waals surface area contributed by atoms with Crippen molar-refractivity contribution < 1.29 is 23.5 Å². The molecular weight excluding hydrogens is 346 g/mol. The molecule has 1 aliphatic heterocycles. The molecule has 1 saturated heterocycles. The number of ether oxygens (including phenoxy) is 1. The van der Waals surface area contributed by atoms with E-state index in [0.717, 1.165) is 25.7 Å². The third-order valence-electron chi connectivity index (χ3n) is 6.14. The summed E-state index contributed by atoms with van der Waals surface area (Å²) in [6.07, 6.45) is 3.51. The molecule has 1 aromatic rings. The van der Waals surface area contributed by atoms with Crippen LogP contribution in [0.25, 0.3) is 5.57 Å². The second-order valence-electron chi connectivity index (χ2n) is 8.78. The predicted molar refractivity (Wildman–Crippen MR) is 105 cm³/mol. The number of benzene rings is 1. The second-order valence-corrected chi connectivity index (χ2v) is 8.78. The molecular formula is C21H30BFO4. The van der Waals surface area contributed by atoms with E-state index in [1.165, 1.54) is 0 Å². The van der Waals surface area contributed by atoms with Crippen LogP contribution in [0.5, 0.6) is 5.75 Å². The van der Waals surface area contributed by atoms with Crippen LogP contribution in [0.1, 0.15) is 65.9 Å². The average Bonchev–Trinajstić information content (AvgIpc) is 3.13. The first-order valence-electron chi connectivity index (χ1n) is 9.71. The van der Waals surface area contributed by atoms with Gasteiger partial charge in [-0.1, -0.05) is 31.0 Å². The van der Waals surface area contributed by atoms with Crippen LogP contribution in [0.2, 0.25) is 0 Å². The fourth-order valence-electron chi connectivity index (χ4n) is 3.54. The van der Waals surface area contributed by atoms with E-state index >= 15 is 4.39 Å². The van der Waals surface area contributed by atoms with E-state index in [9.17, 15) is 5.11 Å². The summed E-state index contributed by atoms with van der Waals surface area (Å²) in [5.41, 5.74) is -1.37. The van der Waals surface area contributed by atoms with Crippen molar-refractivity contribution in [1.82, 2.24) is 0 Å². The highest BCUT2D eigenvalue weighted by Crippen LogP contribution is 2.41. The van der Waals surface area contributed by atoms with Crippen LogP contribution in [-0.2, 0) is 9.31 Å². The molecule has 1 heterocycles. The number of allylic oxidation sites excluding steroid dienone is 1. The minimum absolute atomic E-state index is 0.218. The van der Waals surface area contributed by atoms with Gasteiger partial charge in [0.2, 0.25) is 0 Å². The molecule has 4 nitrogen and oxygen atoms in total. The Bertz CT molecular complexity index is 707. The molecule has 148 valence electrons. The summed E-state index contributed by atoms with van der Waals surface area (Å²) in [6.45, 7) is 9.51. The highest BCUT2D eigenvalue weighted by atomic mass is 19.1. The lowest BCUT2D eigenvalue weighted by Gasteiger charge is -2.32. The monoisotopic (exact) mass is 376 g/mol. The summed E-state index contributed by atoms with van der Waals surface area (Å²) >= 11 is 0. The molecule has 0 radical (unpaired) electrons. The van der Waals surface area contributed by atoms with E-state index in [2.05, 4.69) is 0 Å². The predicted octanol–water partition coefficient (Wildman–Crippen LogP) is 4.70. The summed E-state index contributed by atoms with van der Waals surface area (Å²) in [6, 6.07) is 7.30. The van der Waals surface area contributed by atoms with Crippen molar-refractivity contribution in [1.29, 1.82) is 0 Å². The number of aliphatic hydroxyl groups is 1. The first-order valence-corrected chi connectivity index (χ1v) is 9.71. The first-order chi connectivity index (χ1) is 12.5. The van der Waals surface area contributed by atoms with E-state index in [-0.39, 0.29) is 6.61 Å². The maximum absolute atomic E-state index is 15.2. The zero-order valence-electron chi connectivity index (χ0n) is 17.0. The zero-order chi connectivity index (χ0) is 19.9. The molecule has 2 aliphatic rings. The van der Waals surface area contributed by atoms with Gasteiger partial charge in [0.05, 0.1) is 16.8 Å². The van der Waals surface area contributed by atoms with Crippen LogP contribution >= 0.6 is 0 Å². The maximum Gasteiger partial charge on any atom is 0.525 e. The fourth-order valence-corrected chi connectivity index (χ4v) is 3.54. The molecule has 0 bridgehead atoms. The number of hydrogen-bond donors (Lipinski definition) is 1. The van der Waals surface area contributed by atoms with Gasteiger partial charge in [-0.2, -0.15) is 0 Å². The van der Waals surface area contributed by atoms with E-state index in [0.29, 0.717) is 16.9 Å². The molecule has 6 heteroatoms. The Balaban J connectivity index is 1.82. The van der Waals surface area contributed by atoms with Gasteiger partial charge >= 0.3 is 7.12 Å². The van der Waals surface area contributed by atoms with Crippen molar-refractivity contribution >= 4 is 12.7 Å². The molecule has 1 aliphatic carbocycles. The smallest absolute Gasteiger partial charge is 0.490 e. The van der Waals surface area contributed by atoms with Gasteiger partial charge in [0.25, 0.3) is 0 Å². The standard InChI is InChI=1S/C21H30BFO4/c1-15(18(23)22-26-19(2,3)20(4,5)27-22)16-10-6-7-11-17(16)25-14-21(24)12-8-9-13-21/h6-7,10-11,24H,8-9,12-14H2,1-5H3. The topological polar surface area (TPSA) is 47.9 Å². The van der Waals surface area contributed by atoms with Gasteiger partial charge in [-0.3, -0.25) is 0 Å². The van der Waals surface area contributed by atoms with Crippen LogP contribution in [0.15, 0.2) is 30.0 Å². The van der Waals surface area contributed by atoms with Crippen LogP contribution in [-0.4, -0.2) is 35.6 Å². The van der Waals surface area contributed by atoms with E-state index < -0.39 is 29.6 Å². The molecule has 0 aromatic heterocycles. The van der Waals surface area contributed by atoms with Crippen LogP contribution in [0.3, 0.4) is 0 Å². The number of rotatable bonds is 5. The zero-order valence-corrected chi connectivity index (χ0v) is 17.0. The molecule has 3 rings (SSSR count). The van der Waals surface area contributed by atoms with Crippen molar-refractivity contribution in [2.24, 2.45) is 0 Å². The lowest BCUT2D eigenvalue weighted by molar-refractivity contribution is 0.00133. The largest absolute Gasteiger partial charge is 0.525 e. The molecule has 27 heavy (non-hydrogen) atoms. The van der Waals surface area contributed by atoms with Gasteiger partial charge in [-0.05, 0) is 59.1 Å². The molecule has 1 saturated carbocycles. The summed E-state index contributed by atoms with van der Waals surface area (Å²) < 4.78 is 32.8. The second kappa shape index (κ2) is 7.23. The van der Waals surface area contributed by atoms with E-state index in [1.54, 1.807) is 13.0 Å². The molecule has 0 amide bonds. The van der Waals surface area contributed by atoms with Gasteiger partial charge in [0.15, 0.2) is 0 Å². The van der Waals surface area contributed by atoms with Crippen LogP contribution in [0, 0.1) is 0 Å². The third-order valence-corrected chi connectivity index (χ3v) is 6.14. The SMILES string of the molecule is CC(=C(F)B1OC(C)(C)C(C)(C)O1)c1ccccc1OCC1(O)CCCC1. The summed E-state index contributed by atoms with van der Waals surface area (Å²) in [4.78, 5) is 0. The van der Waals surface area contributed by atoms with E-state index in [1.807, 2.05) is 45.9 Å². The van der Waals surface area contributed by atoms with Gasteiger partial charge in [0, 0.05) is 5.56 Å². The minimum Gasteiger partial charge on any atom is -0.490 e. The third kappa shape index (κ3) is 4.08. The Morgan fingerprint density at radius 3 is 2.26 bits per heavy atom. The summed E-state index contributed by atoms with van der Waals surface area (Å²) in [7, 11) is -1.04. The first kappa shape index (κ1) is 20.4. The Morgan fingerprint density at radius 2 is 1.67 bits per heavy atom. The molecule has 0 spiro atoms. The van der Waals surface area contributed by atoms with Crippen molar-refractivity contribution in [2.75, 3.05) is 6.61 Å². The molecule has 0 atom stereocenters. The Hall–Kier alpha value is -1.37. The lowest BCUT2D eigenvalue weighted by Crippen LogP contribution is -2.41. The van der Waals surface area contributed by atoms with Crippen LogP contribution in [0.4, 0.5) is 4.39 Å². The lowest BCUT2D eigenvalue weighted by atomic mass is 9.83. The Labute approximate surface area is 161 Å². The Kier molecular flexibility index (Phi) is 5.45. The van der Waals surface area contributed by atoms with Crippen molar-refractivity contribution in [3.63, 3.8) is 0 Å². The van der Waals surface area contributed by atoms with Crippen LogP contribution < -0.4 is 4.74 Å². The van der Waals surface area contributed by atoms with Gasteiger partial charge in [-0.15, -0.1) is 0 Å². The highest BCUT2D eigenvalue weighted by Gasteiger charge is 2.53. The molecule has 1 N–H and O–H groups in total. The molecule has 2 fully saturated rings. The van der Waals surface area contributed by atoms with Crippen molar-refractivity contribution in [3.8, 4) is 5.75 Å². The number of hydrogen-bond acceptors (Lipinski definition) is 4. The summed E-state index contributed by atoms with van der Waals surface area (Å²) in [5, 5.41) is 10.5. The van der Waals surface area contributed by atoms with E-state index in [4.69, 9.17) is 14.0 Å². The Morgan fingerprint density at radius 1 is 1.11 bits per heavy atom. The number of halogens is 1. The highest BCUT2D eigenvalue weighted by molar-refractivity contribution is 6.55. The molecule has 0 unspecified atom stereocenters. The van der Waals surface area contributed by atoms with Gasteiger partial charge in [0.1, 0.15) is 18.1 Å². The van der Waals surface area contributed by atoms with Gasteiger partial charge < -0.3 is 19.2 Å². The average molecular weight is 376 g/mol. The van der Waals surface area contributed by atoms with Crippen molar-refractivity contribution in [3.05, 3.63) is 35.6 Å². The normalized spacial score (nSPS) is 24.0. The van der Waals surface area contributed by atoms with Gasteiger partial charge in [-0.25, -0.2) is 4.39 Å². The number of para-hydroxylation sites is 1. The minimum atomic E-state index is -1.04. The maximum atomic E-state index is 15.2. The van der Waals surface area contributed by atoms with Crippen molar-refractivity contribution in [2.45, 2.75) is 77.1 Å². The summed E-state index contributed by atoms with van der Waals surface area (Å²) in [5.74, 6) is 0.557. The fraction of sp³-hybridized carbons (Fsp3) is 0.619. The molecule has 1 aromatic carbocycles.